The topological polar surface area (TPSA) is 52.2 Å². The van der Waals surface area contributed by atoms with Gasteiger partial charge in [-0.25, -0.2) is 0 Å². The highest BCUT2D eigenvalue weighted by Gasteiger charge is 2.07. The molecule has 2 heterocycles. The van der Waals surface area contributed by atoms with E-state index < -0.39 is 0 Å². The van der Waals surface area contributed by atoms with Crippen LogP contribution in [0.25, 0.3) is 0 Å². The summed E-state index contributed by atoms with van der Waals surface area (Å²) in [7, 11) is 1.89. The average Bonchev–Trinajstić information content (AvgIpc) is 2.97. The van der Waals surface area contributed by atoms with E-state index in [-0.39, 0.29) is 0 Å². The van der Waals surface area contributed by atoms with Gasteiger partial charge in [-0.3, -0.25) is 4.68 Å². The van der Waals surface area contributed by atoms with Gasteiger partial charge >= 0.3 is 0 Å². The van der Waals surface area contributed by atoms with Crippen molar-refractivity contribution < 1.29 is 9.15 Å². The number of nitrogens with one attached hydrogen (secondary N) is 1. The van der Waals surface area contributed by atoms with Gasteiger partial charge in [-0.15, -0.1) is 0 Å². The Balaban J connectivity index is 1.91. The SMILES string of the molecule is CCCn1cc(OCc2ccoc2CNC)cn1. The summed E-state index contributed by atoms with van der Waals surface area (Å²) in [5.74, 6) is 1.71. The van der Waals surface area contributed by atoms with Gasteiger partial charge in [-0.2, -0.15) is 5.10 Å². The van der Waals surface area contributed by atoms with Crippen LogP contribution in [-0.2, 0) is 19.7 Å². The van der Waals surface area contributed by atoms with Crippen molar-refractivity contribution in [1.82, 2.24) is 15.1 Å². The van der Waals surface area contributed by atoms with Crippen LogP contribution in [0.5, 0.6) is 5.75 Å². The summed E-state index contributed by atoms with van der Waals surface area (Å²) in [5.41, 5.74) is 1.06. The molecule has 0 atom stereocenters. The van der Waals surface area contributed by atoms with E-state index in [2.05, 4.69) is 17.3 Å². The summed E-state index contributed by atoms with van der Waals surface area (Å²) >= 11 is 0. The maximum atomic E-state index is 5.69. The number of aromatic nitrogens is 2. The fourth-order valence-electron chi connectivity index (χ4n) is 1.74. The number of rotatable bonds is 7. The highest BCUT2D eigenvalue weighted by Crippen LogP contribution is 2.15. The lowest BCUT2D eigenvalue weighted by Crippen LogP contribution is -2.07. The second-order valence-corrected chi connectivity index (χ2v) is 4.13. The van der Waals surface area contributed by atoms with E-state index in [0.29, 0.717) is 13.2 Å². The number of furan rings is 1. The Bertz CT molecular complexity index is 476. The predicted octanol–water partition coefficient (Wildman–Crippen LogP) is 2.18. The van der Waals surface area contributed by atoms with Crippen LogP contribution in [0.4, 0.5) is 0 Å². The Morgan fingerprint density at radius 3 is 3.17 bits per heavy atom. The Morgan fingerprint density at radius 1 is 1.50 bits per heavy atom. The summed E-state index contributed by atoms with van der Waals surface area (Å²) in [5, 5.41) is 7.28. The van der Waals surface area contributed by atoms with Gasteiger partial charge in [0.15, 0.2) is 5.75 Å². The van der Waals surface area contributed by atoms with E-state index in [0.717, 1.165) is 30.0 Å². The molecule has 0 amide bonds. The maximum Gasteiger partial charge on any atom is 0.157 e. The lowest BCUT2D eigenvalue weighted by Gasteiger charge is -2.03. The van der Waals surface area contributed by atoms with Crippen molar-refractivity contribution in [2.75, 3.05) is 7.05 Å². The summed E-state index contributed by atoms with van der Waals surface area (Å²) < 4.78 is 13.0. The number of aryl methyl sites for hydroxylation is 1. The molecule has 18 heavy (non-hydrogen) atoms. The number of hydrogen-bond donors (Lipinski definition) is 1. The molecule has 0 aliphatic rings. The molecule has 0 radical (unpaired) electrons. The first-order chi connectivity index (χ1) is 8.83. The van der Waals surface area contributed by atoms with Crippen molar-refractivity contribution in [1.29, 1.82) is 0 Å². The molecule has 0 unspecified atom stereocenters. The molecule has 2 aromatic rings. The molecule has 1 N–H and O–H groups in total. The average molecular weight is 249 g/mol. The molecule has 2 aromatic heterocycles. The van der Waals surface area contributed by atoms with E-state index in [1.807, 2.05) is 24.0 Å². The van der Waals surface area contributed by atoms with Gasteiger partial charge in [-0.1, -0.05) is 6.92 Å². The van der Waals surface area contributed by atoms with E-state index >= 15 is 0 Å². The summed E-state index contributed by atoms with van der Waals surface area (Å²) in [4.78, 5) is 0. The van der Waals surface area contributed by atoms with Crippen molar-refractivity contribution in [2.24, 2.45) is 0 Å². The standard InChI is InChI=1S/C13H19N3O2/c1-3-5-16-9-12(7-15-16)18-10-11-4-6-17-13(11)8-14-2/h4,6-7,9,14H,3,5,8,10H2,1-2H3. The van der Waals surface area contributed by atoms with Crippen molar-refractivity contribution in [3.05, 3.63) is 36.0 Å². The second kappa shape index (κ2) is 6.26. The van der Waals surface area contributed by atoms with Gasteiger partial charge in [0.25, 0.3) is 0 Å². The van der Waals surface area contributed by atoms with Crippen LogP contribution in [-0.4, -0.2) is 16.8 Å². The number of hydrogen-bond acceptors (Lipinski definition) is 4. The molecule has 0 aromatic carbocycles. The van der Waals surface area contributed by atoms with Crippen LogP contribution >= 0.6 is 0 Å². The molecule has 0 bridgehead atoms. The smallest absolute Gasteiger partial charge is 0.157 e. The lowest BCUT2D eigenvalue weighted by molar-refractivity contribution is 0.301. The van der Waals surface area contributed by atoms with Crippen LogP contribution < -0.4 is 10.1 Å². The Morgan fingerprint density at radius 2 is 2.39 bits per heavy atom. The van der Waals surface area contributed by atoms with Crippen LogP contribution in [0.1, 0.15) is 24.7 Å². The van der Waals surface area contributed by atoms with Crippen molar-refractivity contribution >= 4 is 0 Å². The highest BCUT2D eigenvalue weighted by molar-refractivity contribution is 5.18. The van der Waals surface area contributed by atoms with Gasteiger partial charge in [-0.05, 0) is 19.5 Å². The minimum atomic E-state index is 0.505. The first-order valence-corrected chi connectivity index (χ1v) is 6.18. The third kappa shape index (κ3) is 3.13. The zero-order valence-corrected chi connectivity index (χ0v) is 10.8. The third-order valence-electron chi connectivity index (χ3n) is 2.63. The van der Waals surface area contributed by atoms with Crippen LogP contribution in [0.15, 0.2) is 29.1 Å². The van der Waals surface area contributed by atoms with E-state index in [9.17, 15) is 0 Å². The molecule has 0 aliphatic carbocycles. The molecule has 0 aliphatic heterocycles. The number of nitrogens with zero attached hydrogens (tertiary/aromatic N) is 2. The normalized spacial score (nSPS) is 10.8. The first-order valence-electron chi connectivity index (χ1n) is 6.18. The zero-order valence-electron chi connectivity index (χ0n) is 10.8. The second-order valence-electron chi connectivity index (χ2n) is 4.13. The molecule has 0 fully saturated rings. The van der Waals surface area contributed by atoms with Crippen molar-refractivity contribution in [2.45, 2.75) is 33.0 Å². The van der Waals surface area contributed by atoms with E-state index in [4.69, 9.17) is 9.15 Å². The Kier molecular flexibility index (Phi) is 4.41. The molecule has 2 rings (SSSR count). The monoisotopic (exact) mass is 249 g/mol. The molecule has 5 nitrogen and oxygen atoms in total. The van der Waals surface area contributed by atoms with Gasteiger partial charge in [0, 0.05) is 12.1 Å². The molecular formula is C13H19N3O2. The summed E-state index contributed by atoms with van der Waals surface area (Å²) in [6.45, 7) is 4.25. The Labute approximate surface area is 107 Å². The van der Waals surface area contributed by atoms with Crippen molar-refractivity contribution in [3.8, 4) is 5.75 Å². The first kappa shape index (κ1) is 12.7. The Hall–Kier alpha value is -1.75. The van der Waals surface area contributed by atoms with E-state index in [1.54, 1.807) is 12.5 Å². The quantitative estimate of drug-likeness (QED) is 0.817. The van der Waals surface area contributed by atoms with Gasteiger partial charge in [0.1, 0.15) is 12.4 Å². The minimum Gasteiger partial charge on any atom is -0.485 e. The molecule has 0 saturated carbocycles. The zero-order chi connectivity index (χ0) is 12.8. The van der Waals surface area contributed by atoms with Gasteiger partial charge < -0.3 is 14.5 Å². The molecule has 5 heteroatoms. The molecule has 0 spiro atoms. The van der Waals surface area contributed by atoms with Crippen molar-refractivity contribution in [3.63, 3.8) is 0 Å². The molecule has 98 valence electrons. The summed E-state index contributed by atoms with van der Waals surface area (Å²) in [6.07, 6.45) is 6.41. The van der Waals surface area contributed by atoms with E-state index in [1.165, 1.54) is 0 Å². The highest BCUT2D eigenvalue weighted by atomic mass is 16.5. The van der Waals surface area contributed by atoms with Crippen LogP contribution in [0.3, 0.4) is 0 Å². The fraction of sp³-hybridized carbons (Fsp3) is 0.462. The third-order valence-corrected chi connectivity index (χ3v) is 2.63. The van der Waals surface area contributed by atoms with Crippen LogP contribution in [0.2, 0.25) is 0 Å². The summed E-state index contributed by atoms with van der Waals surface area (Å²) in [6, 6.07) is 1.93. The minimum absolute atomic E-state index is 0.505. The number of ether oxygens (including phenoxy) is 1. The predicted molar refractivity (Wildman–Crippen MR) is 68.3 cm³/mol. The largest absolute Gasteiger partial charge is 0.485 e. The maximum absolute atomic E-state index is 5.69. The van der Waals surface area contributed by atoms with Gasteiger partial charge in [0.2, 0.25) is 0 Å². The van der Waals surface area contributed by atoms with Crippen LogP contribution in [0, 0.1) is 0 Å². The molecular weight excluding hydrogens is 230 g/mol. The molecule has 0 saturated heterocycles. The fourth-order valence-corrected chi connectivity index (χ4v) is 1.74. The lowest BCUT2D eigenvalue weighted by atomic mass is 10.2. The van der Waals surface area contributed by atoms with Gasteiger partial charge in [0.05, 0.1) is 25.2 Å².